The fourth-order valence-electron chi connectivity index (χ4n) is 2.64. The van der Waals surface area contributed by atoms with Crippen molar-refractivity contribution in [2.45, 2.75) is 84.5 Å². The van der Waals surface area contributed by atoms with Gasteiger partial charge in [-0.2, -0.15) is 0 Å². The van der Waals surface area contributed by atoms with E-state index in [1.807, 2.05) is 0 Å². The maximum atomic E-state index is 6.16. The Morgan fingerprint density at radius 1 is 1.06 bits per heavy atom. The second-order valence-electron chi connectivity index (χ2n) is 5.84. The van der Waals surface area contributed by atoms with Gasteiger partial charge in [0.15, 0.2) is 0 Å². The van der Waals surface area contributed by atoms with E-state index in [2.05, 4.69) is 32.6 Å². The van der Waals surface area contributed by atoms with E-state index in [1.54, 1.807) is 0 Å². The number of ether oxygens (including phenoxy) is 1. The van der Waals surface area contributed by atoms with Crippen molar-refractivity contribution in [1.82, 2.24) is 4.90 Å². The van der Waals surface area contributed by atoms with Crippen LogP contribution in [0.5, 0.6) is 0 Å². The molecule has 0 aromatic carbocycles. The molecule has 0 aliphatic carbocycles. The molecule has 1 heterocycles. The third-order valence-electron chi connectivity index (χ3n) is 3.80. The zero-order valence-corrected chi connectivity index (χ0v) is 12.3. The van der Waals surface area contributed by atoms with E-state index in [0.29, 0.717) is 6.10 Å². The van der Waals surface area contributed by atoms with Gasteiger partial charge in [0.05, 0.1) is 6.10 Å². The number of nitrogens with zero attached hydrogens (tertiary/aromatic N) is 1. The molecule has 0 bridgehead atoms. The van der Waals surface area contributed by atoms with E-state index < -0.39 is 0 Å². The molecule has 1 unspecified atom stereocenters. The second-order valence-corrected chi connectivity index (χ2v) is 5.84. The number of unbranched alkanes of at least 4 members (excludes halogenated alkanes) is 4. The van der Waals surface area contributed by atoms with Gasteiger partial charge in [-0.1, -0.05) is 46.0 Å². The Labute approximate surface area is 108 Å². The molecule has 1 aliphatic heterocycles. The summed E-state index contributed by atoms with van der Waals surface area (Å²) < 4.78 is 6.16. The van der Waals surface area contributed by atoms with Gasteiger partial charge in [-0.3, -0.25) is 4.90 Å². The van der Waals surface area contributed by atoms with Crippen molar-refractivity contribution in [3.05, 3.63) is 0 Å². The van der Waals surface area contributed by atoms with Gasteiger partial charge in [0.1, 0.15) is 5.72 Å². The van der Waals surface area contributed by atoms with Crippen molar-refractivity contribution in [1.29, 1.82) is 0 Å². The molecule has 0 amide bonds. The van der Waals surface area contributed by atoms with Gasteiger partial charge in [-0.15, -0.1) is 0 Å². The van der Waals surface area contributed by atoms with Crippen LogP contribution in [0.2, 0.25) is 0 Å². The summed E-state index contributed by atoms with van der Waals surface area (Å²) in [6.07, 6.45) is 9.66. The lowest BCUT2D eigenvalue weighted by Crippen LogP contribution is -2.39. The molecule has 17 heavy (non-hydrogen) atoms. The minimum absolute atomic E-state index is 0.0371. The fraction of sp³-hybridized carbons (Fsp3) is 1.00. The molecule has 2 heteroatoms. The molecule has 102 valence electrons. The first kappa shape index (κ1) is 15.0. The van der Waals surface area contributed by atoms with Crippen LogP contribution >= 0.6 is 0 Å². The van der Waals surface area contributed by atoms with Gasteiger partial charge >= 0.3 is 0 Å². The summed E-state index contributed by atoms with van der Waals surface area (Å²) in [6, 6.07) is 0. The summed E-state index contributed by atoms with van der Waals surface area (Å²) in [5.74, 6) is 0. The highest BCUT2D eigenvalue weighted by Crippen LogP contribution is 2.29. The maximum Gasteiger partial charge on any atom is 0.116 e. The topological polar surface area (TPSA) is 12.5 Å². The lowest BCUT2D eigenvalue weighted by atomic mass is 10.1. The van der Waals surface area contributed by atoms with Crippen LogP contribution in [-0.2, 0) is 4.74 Å². The first-order valence-electron chi connectivity index (χ1n) is 7.53. The molecule has 0 saturated carbocycles. The van der Waals surface area contributed by atoms with Gasteiger partial charge in [0, 0.05) is 13.1 Å². The first-order valence-corrected chi connectivity index (χ1v) is 7.53. The van der Waals surface area contributed by atoms with Crippen molar-refractivity contribution >= 4 is 0 Å². The Morgan fingerprint density at radius 2 is 1.76 bits per heavy atom. The molecule has 1 rings (SSSR count). The molecule has 0 spiro atoms. The normalized spacial score (nSPS) is 24.4. The molecule has 0 aromatic heterocycles. The van der Waals surface area contributed by atoms with Gasteiger partial charge in [0.25, 0.3) is 0 Å². The standard InChI is InChI=1S/C15H31NO/c1-5-7-9-10-11-14-13-16(12-8-6-2)15(3,4)17-14/h14H,5-13H2,1-4H3. The van der Waals surface area contributed by atoms with Crippen molar-refractivity contribution in [3.8, 4) is 0 Å². The molecule has 1 aliphatic rings. The van der Waals surface area contributed by atoms with E-state index >= 15 is 0 Å². The lowest BCUT2D eigenvalue weighted by Gasteiger charge is -2.29. The molecule has 1 fully saturated rings. The van der Waals surface area contributed by atoms with Crippen LogP contribution in [0.4, 0.5) is 0 Å². The number of hydrogen-bond donors (Lipinski definition) is 0. The molecule has 0 aromatic rings. The van der Waals surface area contributed by atoms with Gasteiger partial charge in [0.2, 0.25) is 0 Å². The fourth-order valence-corrected chi connectivity index (χ4v) is 2.64. The summed E-state index contributed by atoms with van der Waals surface area (Å²) in [7, 11) is 0. The first-order chi connectivity index (χ1) is 8.10. The van der Waals surface area contributed by atoms with Gasteiger partial charge in [-0.05, 0) is 26.7 Å². The third-order valence-corrected chi connectivity index (χ3v) is 3.80. The van der Waals surface area contributed by atoms with Crippen molar-refractivity contribution in [3.63, 3.8) is 0 Å². The van der Waals surface area contributed by atoms with Gasteiger partial charge < -0.3 is 4.74 Å². The van der Waals surface area contributed by atoms with Crippen molar-refractivity contribution < 1.29 is 4.74 Å². The average molecular weight is 241 g/mol. The quantitative estimate of drug-likeness (QED) is 0.591. The van der Waals surface area contributed by atoms with Crippen LogP contribution < -0.4 is 0 Å². The summed E-state index contributed by atoms with van der Waals surface area (Å²) in [4.78, 5) is 2.51. The average Bonchev–Trinajstić information content (AvgIpc) is 2.57. The highest BCUT2D eigenvalue weighted by atomic mass is 16.5. The lowest BCUT2D eigenvalue weighted by molar-refractivity contribution is -0.0771. The second kappa shape index (κ2) is 7.38. The summed E-state index contributed by atoms with van der Waals surface area (Å²) >= 11 is 0. The van der Waals surface area contributed by atoms with Gasteiger partial charge in [-0.25, -0.2) is 0 Å². The van der Waals surface area contributed by atoms with Crippen molar-refractivity contribution in [2.24, 2.45) is 0 Å². The Morgan fingerprint density at radius 3 is 2.41 bits per heavy atom. The van der Waals surface area contributed by atoms with E-state index in [1.165, 1.54) is 51.5 Å². The zero-order chi connectivity index (χ0) is 12.7. The predicted molar refractivity (Wildman–Crippen MR) is 74.2 cm³/mol. The molecule has 0 N–H and O–H groups in total. The van der Waals surface area contributed by atoms with E-state index in [0.717, 1.165) is 6.54 Å². The predicted octanol–water partition coefficient (Wildman–Crippen LogP) is 4.19. The van der Waals surface area contributed by atoms with Crippen molar-refractivity contribution in [2.75, 3.05) is 13.1 Å². The van der Waals surface area contributed by atoms with Crippen LogP contribution in [-0.4, -0.2) is 29.8 Å². The van der Waals surface area contributed by atoms with Crippen LogP contribution in [0.25, 0.3) is 0 Å². The Balaban J connectivity index is 2.26. The summed E-state index contributed by atoms with van der Waals surface area (Å²) in [5.41, 5.74) is -0.0371. The van der Waals surface area contributed by atoms with E-state index in [4.69, 9.17) is 4.74 Å². The molecular formula is C15H31NO. The Bertz CT molecular complexity index is 203. The van der Waals surface area contributed by atoms with Crippen LogP contribution in [0.3, 0.4) is 0 Å². The van der Waals surface area contributed by atoms with Crippen LogP contribution in [0.1, 0.15) is 72.6 Å². The monoisotopic (exact) mass is 241 g/mol. The zero-order valence-electron chi connectivity index (χ0n) is 12.3. The number of hydrogen-bond acceptors (Lipinski definition) is 2. The number of rotatable bonds is 8. The Kier molecular flexibility index (Phi) is 6.50. The highest BCUT2D eigenvalue weighted by molar-refractivity contribution is 4.84. The Hall–Kier alpha value is -0.0800. The minimum Gasteiger partial charge on any atom is -0.356 e. The largest absolute Gasteiger partial charge is 0.356 e. The van der Waals surface area contributed by atoms with Crippen LogP contribution in [0.15, 0.2) is 0 Å². The van der Waals surface area contributed by atoms with Crippen LogP contribution in [0, 0.1) is 0 Å². The SMILES string of the molecule is CCCCCCC1CN(CCCC)C(C)(C)O1. The smallest absolute Gasteiger partial charge is 0.116 e. The third kappa shape index (κ3) is 4.97. The summed E-state index contributed by atoms with van der Waals surface area (Å²) in [5, 5.41) is 0. The van der Waals surface area contributed by atoms with E-state index in [9.17, 15) is 0 Å². The molecule has 2 nitrogen and oxygen atoms in total. The molecule has 1 saturated heterocycles. The maximum absolute atomic E-state index is 6.16. The molecule has 1 atom stereocenters. The minimum atomic E-state index is -0.0371. The molecule has 0 radical (unpaired) electrons. The highest BCUT2D eigenvalue weighted by Gasteiger charge is 2.38. The van der Waals surface area contributed by atoms with E-state index in [-0.39, 0.29) is 5.72 Å². The molecular weight excluding hydrogens is 210 g/mol. The summed E-state index contributed by atoms with van der Waals surface area (Å²) in [6.45, 7) is 11.3.